The summed E-state index contributed by atoms with van der Waals surface area (Å²) >= 11 is 0. The SMILES string of the molecule is c1ccc(C(NCc2cccnn2)c2ccccn2)cc1. The standard InChI is InChI=1S/C17H16N4/c1-2-7-14(8-3-1)17(16-10-4-5-11-18-16)19-13-15-9-6-12-20-21-15/h1-12,17,19H,13H2. The van der Waals surface area contributed by atoms with Gasteiger partial charge >= 0.3 is 0 Å². The lowest BCUT2D eigenvalue weighted by Gasteiger charge is -2.18. The van der Waals surface area contributed by atoms with Crippen molar-refractivity contribution in [3.63, 3.8) is 0 Å². The summed E-state index contributed by atoms with van der Waals surface area (Å²) in [4.78, 5) is 4.47. The van der Waals surface area contributed by atoms with Crippen molar-refractivity contribution in [3.05, 3.63) is 90.0 Å². The average molecular weight is 276 g/mol. The third-order valence-corrected chi connectivity index (χ3v) is 3.23. The molecule has 0 bridgehead atoms. The van der Waals surface area contributed by atoms with Crippen molar-refractivity contribution in [2.24, 2.45) is 0 Å². The maximum Gasteiger partial charge on any atom is 0.0769 e. The Bertz CT molecular complexity index is 617. The monoisotopic (exact) mass is 276 g/mol. The average Bonchev–Trinajstić information content (AvgIpc) is 2.58. The Hall–Kier alpha value is -2.59. The van der Waals surface area contributed by atoms with Crippen molar-refractivity contribution in [3.8, 4) is 0 Å². The fourth-order valence-corrected chi connectivity index (χ4v) is 2.22. The molecule has 4 heteroatoms. The highest BCUT2D eigenvalue weighted by Gasteiger charge is 2.14. The molecule has 104 valence electrons. The van der Waals surface area contributed by atoms with Crippen LogP contribution in [0.4, 0.5) is 0 Å². The van der Waals surface area contributed by atoms with Gasteiger partial charge in [-0.05, 0) is 29.8 Å². The van der Waals surface area contributed by atoms with Crippen molar-refractivity contribution >= 4 is 0 Å². The number of hydrogen-bond acceptors (Lipinski definition) is 4. The highest BCUT2D eigenvalue weighted by atomic mass is 15.1. The first-order valence-electron chi connectivity index (χ1n) is 6.89. The molecule has 3 rings (SSSR count). The highest BCUT2D eigenvalue weighted by molar-refractivity contribution is 5.27. The quantitative estimate of drug-likeness (QED) is 0.778. The zero-order valence-electron chi connectivity index (χ0n) is 11.6. The van der Waals surface area contributed by atoms with Gasteiger partial charge in [0.05, 0.1) is 17.4 Å². The molecule has 21 heavy (non-hydrogen) atoms. The summed E-state index contributed by atoms with van der Waals surface area (Å²) in [5.41, 5.74) is 3.09. The largest absolute Gasteiger partial charge is 0.299 e. The van der Waals surface area contributed by atoms with Crippen LogP contribution in [0.15, 0.2) is 73.1 Å². The van der Waals surface area contributed by atoms with E-state index in [9.17, 15) is 0 Å². The summed E-state index contributed by atoms with van der Waals surface area (Å²) in [7, 11) is 0. The smallest absolute Gasteiger partial charge is 0.0769 e. The molecule has 0 aliphatic heterocycles. The molecule has 0 radical (unpaired) electrons. The molecule has 2 aromatic heterocycles. The minimum atomic E-state index is 0.0365. The van der Waals surface area contributed by atoms with Crippen LogP contribution in [0.2, 0.25) is 0 Å². The van der Waals surface area contributed by atoms with Gasteiger partial charge in [-0.15, -0.1) is 0 Å². The van der Waals surface area contributed by atoms with E-state index in [1.807, 2.05) is 54.7 Å². The van der Waals surface area contributed by atoms with Crippen molar-refractivity contribution in [1.82, 2.24) is 20.5 Å². The second-order valence-corrected chi connectivity index (χ2v) is 4.69. The fraction of sp³-hybridized carbons (Fsp3) is 0.118. The van der Waals surface area contributed by atoms with E-state index in [1.165, 1.54) is 5.56 Å². The topological polar surface area (TPSA) is 50.7 Å². The van der Waals surface area contributed by atoms with Crippen LogP contribution in [-0.4, -0.2) is 15.2 Å². The van der Waals surface area contributed by atoms with Gasteiger partial charge < -0.3 is 0 Å². The molecule has 0 saturated carbocycles. The Morgan fingerprint density at radius 2 is 1.71 bits per heavy atom. The van der Waals surface area contributed by atoms with Crippen LogP contribution in [0.3, 0.4) is 0 Å². The molecular weight excluding hydrogens is 260 g/mol. The first-order chi connectivity index (χ1) is 10.4. The Morgan fingerprint density at radius 1 is 0.857 bits per heavy atom. The van der Waals surface area contributed by atoms with Gasteiger partial charge in [-0.3, -0.25) is 10.3 Å². The number of pyridine rings is 1. The van der Waals surface area contributed by atoms with Gasteiger partial charge in [-0.25, -0.2) is 0 Å². The number of benzene rings is 1. The van der Waals surface area contributed by atoms with E-state index in [0.717, 1.165) is 11.4 Å². The lowest BCUT2D eigenvalue weighted by atomic mass is 10.0. The lowest BCUT2D eigenvalue weighted by molar-refractivity contribution is 0.580. The van der Waals surface area contributed by atoms with Gasteiger partial charge in [0.2, 0.25) is 0 Å². The highest BCUT2D eigenvalue weighted by Crippen LogP contribution is 2.20. The fourth-order valence-electron chi connectivity index (χ4n) is 2.22. The first-order valence-corrected chi connectivity index (χ1v) is 6.89. The lowest BCUT2D eigenvalue weighted by Crippen LogP contribution is -2.23. The maximum atomic E-state index is 4.47. The van der Waals surface area contributed by atoms with Crippen LogP contribution in [-0.2, 0) is 6.54 Å². The molecule has 1 aromatic carbocycles. The minimum Gasteiger partial charge on any atom is -0.299 e. The van der Waals surface area contributed by atoms with Crippen LogP contribution >= 0.6 is 0 Å². The molecule has 1 unspecified atom stereocenters. The third-order valence-electron chi connectivity index (χ3n) is 3.23. The number of rotatable bonds is 5. The summed E-state index contributed by atoms with van der Waals surface area (Å²) in [6, 6.07) is 20.1. The first kappa shape index (κ1) is 13.4. The molecule has 3 aromatic rings. The van der Waals surface area contributed by atoms with Crippen molar-refractivity contribution in [2.45, 2.75) is 12.6 Å². The van der Waals surface area contributed by atoms with Gasteiger partial charge in [-0.2, -0.15) is 10.2 Å². The van der Waals surface area contributed by atoms with Crippen LogP contribution < -0.4 is 5.32 Å². The Morgan fingerprint density at radius 3 is 2.43 bits per heavy atom. The molecule has 0 aliphatic rings. The predicted octanol–water partition coefficient (Wildman–Crippen LogP) is 2.75. The van der Waals surface area contributed by atoms with E-state index < -0.39 is 0 Å². The zero-order valence-corrected chi connectivity index (χ0v) is 11.6. The second kappa shape index (κ2) is 6.72. The molecule has 0 spiro atoms. The zero-order chi connectivity index (χ0) is 14.3. The van der Waals surface area contributed by atoms with Gasteiger partial charge in [0, 0.05) is 18.9 Å². The summed E-state index contributed by atoms with van der Waals surface area (Å²) in [6.07, 6.45) is 3.49. The van der Waals surface area contributed by atoms with Gasteiger partial charge in [0.25, 0.3) is 0 Å². The molecule has 1 atom stereocenters. The summed E-state index contributed by atoms with van der Waals surface area (Å²) in [5.74, 6) is 0. The van der Waals surface area contributed by atoms with Gasteiger partial charge in [0.15, 0.2) is 0 Å². The molecule has 0 aliphatic carbocycles. The van der Waals surface area contributed by atoms with E-state index in [2.05, 4.69) is 32.6 Å². The molecule has 1 N–H and O–H groups in total. The number of aromatic nitrogens is 3. The van der Waals surface area contributed by atoms with E-state index in [1.54, 1.807) is 6.20 Å². The Labute approximate surface area is 123 Å². The summed E-state index contributed by atoms with van der Waals surface area (Å²) in [5, 5.41) is 11.5. The van der Waals surface area contributed by atoms with E-state index in [-0.39, 0.29) is 6.04 Å². The van der Waals surface area contributed by atoms with Gasteiger partial charge in [0.1, 0.15) is 0 Å². The van der Waals surface area contributed by atoms with E-state index in [4.69, 9.17) is 0 Å². The Balaban J connectivity index is 1.83. The molecule has 2 heterocycles. The predicted molar refractivity (Wildman–Crippen MR) is 81.4 cm³/mol. The maximum absolute atomic E-state index is 4.47. The van der Waals surface area contributed by atoms with Crippen molar-refractivity contribution < 1.29 is 0 Å². The minimum absolute atomic E-state index is 0.0365. The van der Waals surface area contributed by atoms with Crippen LogP contribution in [0, 0.1) is 0 Å². The van der Waals surface area contributed by atoms with Crippen LogP contribution in [0.25, 0.3) is 0 Å². The van der Waals surface area contributed by atoms with Crippen molar-refractivity contribution in [2.75, 3.05) is 0 Å². The number of nitrogens with one attached hydrogen (secondary N) is 1. The van der Waals surface area contributed by atoms with Crippen LogP contribution in [0.5, 0.6) is 0 Å². The molecule has 4 nitrogen and oxygen atoms in total. The number of nitrogens with zero attached hydrogens (tertiary/aromatic N) is 3. The second-order valence-electron chi connectivity index (χ2n) is 4.69. The van der Waals surface area contributed by atoms with Gasteiger partial charge in [-0.1, -0.05) is 36.4 Å². The molecule has 0 saturated heterocycles. The molecule has 0 fully saturated rings. The Kier molecular flexibility index (Phi) is 4.29. The van der Waals surface area contributed by atoms with Crippen LogP contribution in [0.1, 0.15) is 23.0 Å². The van der Waals surface area contributed by atoms with E-state index in [0.29, 0.717) is 6.54 Å². The third kappa shape index (κ3) is 3.49. The normalized spacial score (nSPS) is 12.0. The number of hydrogen-bond donors (Lipinski definition) is 1. The molecular formula is C17H16N4. The summed E-state index contributed by atoms with van der Waals surface area (Å²) in [6.45, 7) is 0.643. The van der Waals surface area contributed by atoms with E-state index >= 15 is 0 Å². The summed E-state index contributed by atoms with van der Waals surface area (Å²) < 4.78 is 0. The molecule has 0 amide bonds. The van der Waals surface area contributed by atoms with Crippen molar-refractivity contribution in [1.29, 1.82) is 0 Å².